The number of hydrogen-bond acceptors (Lipinski definition) is 4. The molecule has 6 nitrogen and oxygen atoms in total. The topological polar surface area (TPSA) is 62.7 Å². The van der Waals surface area contributed by atoms with Crippen LogP contribution < -0.4 is 9.64 Å². The van der Waals surface area contributed by atoms with E-state index in [9.17, 15) is 35.9 Å². The van der Waals surface area contributed by atoms with Crippen LogP contribution in [0.1, 0.15) is 25.1 Å². The molecular weight excluding hydrogens is 468 g/mol. The molecule has 0 saturated carbocycles. The summed E-state index contributed by atoms with van der Waals surface area (Å²) in [5, 5.41) is 0. The second kappa shape index (κ2) is 9.51. The SMILES string of the molecule is CC(C)[C@H]1CN(c2ccc(C(F)(F)F)nc2)C(=O)N1CC(=O)Cc1cccc(OC(F)(F)F)c1. The maximum absolute atomic E-state index is 13.0. The number of amides is 2. The molecule has 1 aromatic heterocycles. The van der Waals surface area contributed by atoms with Gasteiger partial charge in [0.05, 0.1) is 24.5 Å². The van der Waals surface area contributed by atoms with Gasteiger partial charge in [-0.2, -0.15) is 13.2 Å². The summed E-state index contributed by atoms with van der Waals surface area (Å²) >= 11 is 0. The van der Waals surface area contributed by atoms with E-state index in [4.69, 9.17) is 0 Å². The highest BCUT2D eigenvalue weighted by molar-refractivity contribution is 5.97. The van der Waals surface area contributed by atoms with E-state index in [2.05, 4.69) is 9.72 Å². The first-order chi connectivity index (χ1) is 15.7. The molecule has 1 atom stereocenters. The summed E-state index contributed by atoms with van der Waals surface area (Å²) in [6.45, 7) is 3.51. The molecule has 184 valence electrons. The van der Waals surface area contributed by atoms with Crippen LogP contribution in [0.15, 0.2) is 42.6 Å². The number of carbonyl (C=O) groups is 2. The number of ether oxygens (including phenoxy) is 1. The Morgan fingerprint density at radius 1 is 1.15 bits per heavy atom. The van der Waals surface area contributed by atoms with Crippen LogP contribution >= 0.6 is 0 Å². The zero-order valence-electron chi connectivity index (χ0n) is 18.2. The van der Waals surface area contributed by atoms with Crippen molar-refractivity contribution in [3.05, 3.63) is 53.9 Å². The Hall–Kier alpha value is -3.31. The number of rotatable bonds is 7. The Bertz CT molecular complexity index is 1040. The fourth-order valence-corrected chi connectivity index (χ4v) is 3.67. The Morgan fingerprint density at radius 2 is 1.85 bits per heavy atom. The average Bonchev–Trinajstić information content (AvgIpc) is 3.03. The summed E-state index contributed by atoms with van der Waals surface area (Å²) in [5.74, 6) is -0.959. The number of halogens is 6. The number of pyridine rings is 1. The summed E-state index contributed by atoms with van der Waals surface area (Å²) in [6, 6.07) is 5.93. The van der Waals surface area contributed by atoms with Crippen molar-refractivity contribution in [2.24, 2.45) is 5.92 Å². The van der Waals surface area contributed by atoms with Crippen LogP contribution in [0.2, 0.25) is 0 Å². The Kier molecular flexibility index (Phi) is 7.08. The molecule has 1 fully saturated rings. The van der Waals surface area contributed by atoms with Crippen LogP contribution in [0.5, 0.6) is 5.75 Å². The van der Waals surface area contributed by atoms with Crippen molar-refractivity contribution >= 4 is 17.5 Å². The smallest absolute Gasteiger partial charge is 0.406 e. The van der Waals surface area contributed by atoms with Gasteiger partial charge >= 0.3 is 18.6 Å². The zero-order valence-corrected chi connectivity index (χ0v) is 18.2. The number of Topliss-reactive ketones (excluding diaryl/α,β-unsaturated/α-hetero) is 1. The van der Waals surface area contributed by atoms with Gasteiger partial charge < -0.3 is 9.64 Å². The van der Waals surface area contributed by atoms with E-state index < -0.39 is 41.8 Å². The van der Waals surface area contributed by atoms with E-state index in [0.29, 0.717) is 0 Å². The third-order valence-electron chi connectivity index (χ3n) is 5.25. The largest absolute Gasteiger partial charge is 0.573 e. The molecule has 0 aliphatic carbocycles. The van der Waals surface area contributed by atoms with E-state index in [1.165, 1.54) is 21.9 Å². The lowest BCUT2D eigenvalue weighted by Gasteiger charge is -2.25. The fourth-order valence-electron chi connectivity index (χ4n) is 3.67. The number of hydrogen-bond donors (Lipinski definition) is 0. The predicted molar refractivity (Wildman–Crippen MR) is 109 cm³/mol. The van der Waals surface area contributed by atoms with E-state index >= 15 is 0 Å². The first kappa shape index (κ1) is 25.3. The van der Waals surface area contributed by atoms with Crippen LogP contribution in [-0.4, -0.2) is 47.2 Å². The van der Waals surface area contributed by atoms with Crippen LogP contribution in [0.25, 0.3) is 0 Å². The molecule has 1 aliphatic heterocycles. The summed E-state index contributed by atoms with van der Waals surface area (Å²) in [7, 11) is 0. The van der Waals surface area contributed by atoms with Gasteiger partial charge in [-0.05, 0) is 35.7 Å². The maximum atomic E-state index is 13.0. The van der Waals surface area contributed by atoms with Crippen molar-refractivity contribution in [3.8, 4) is 5.75 Å². The number of carbonyl (C=O) groups excluding carboxylic acids is 2. The van der Waals surface area contributed by atoms with Crippen LogP contribution in [0, 0.1) is 5.92 Å². The molecule has 0 bridgehead atoms. The second-order valence-corrected chi connectivity index (χ2v) is 8.14. The molecule has 1 saturated heterocycles. The number of anilines is 1. The number of urea groups is 1. The molecule has 0 N–H and O–H groups in total. The Labute approximate surface area is 191 Å². The van der Waals surface area contributed by atoms with Crippen molar-refractivity contribution < 1.29 is 40.7 Å². The maximum Gasteiger partial charge on any atom is 0.573 e. The van der Waals surface area contributed by atoms with Gasteiger partial charge in [0.25, 0.3) is 0 Å². The van der Waals surface area contributed by atoms with Crippen LogP contribution in [0.3, 0.4) is 0 Å². The lowest BCUT2D eigenvalue weighted by molar-refractivity contribution is -0.274. The molecule has 1 aromatic carbocycles. The van der Waals surface area contributed by atoms with Crippen molar-refractivity contribution in [2.45, 2.75) is 38.8 Å². The first-order valence-electron chi connectivity index (χ1n) is 10.2. The van der Waals surface area contributed by atoms with Gasteiger partial charge in [0.1, 0.15) is 11.4 Å². The molecular formula is C22H21F6N3O3. The Balaban J connectivity index is 1.72. The third kappa shape index (κ3) is 6.17. The number of benzene rings is 1. The first-order valence-corrected chi connectivity index (χ1v) is 10.2. The molecule has 3 rings (SSSR count). The van der Waals surface area contributed by atoms with Gasteiger partial charge in [0, 0.05) is 13.0 Å². The highest BCUT2D eigenvalue weighted by atomic mass is 19.4. The van der Waals surface area contributed by atoms with Gasteiger partial charge in [-0.1, -0.05) is 26.0 Å². The van der Waals surface area contributed by atoms with Gasteiger partial charge in [-0.3, -0.25) is 9.69 Å². The molecule has 0 spiro atoms. The molecule has 34 heavy (non-hydrogen) atoms. The fraction of sp³-hybridized carbons (Fsp3) is 0.409. The molecule has 2 amide bonds. The van der Waals surface area contributed by atoms with E-state index in [0.717, 1.165) is 30.5 Å². The van der Waals surface area contributed by atoms with Crippen molar-refractivity contribution in [1.29, 1.82) is 0 Å². The van der Waals surface area contributed by atoms with Crippen LogP contribution in [-0.2, 0) is 17.4 Å². The number of ketones is 1. The minimum atomic E-state index is -4.87. The average molecular weight is 489 g/mol. The third-order valence-corrected chi connectivity index (χ3v) is 5.25. The van der Waals surface area contributed by atoms with Crippen molar-refractivity contribution in [1.82, 2.24) is 9.88 Å². The highest BCUT2D eigenvalue weighted by Gasteiger charge is 2.41. The van der Waals surface area contributed by atoms with Crippen molar-refractivity contribution in [3.63, 3.8) is 0 Å². The predicted octanol–water partition coefficient (Wildman–Crippen LogP) is 5.08. The van der Waals surface area contributed by atoms with E-state index in [1.807, 2.05) is 13.8 Å². The standard InChI is InChI=1S/C22H21F6N3O3/c1-13(2)18-12-30(15-6-7-19(29-10-15)21(23,24)25)20(33)31(18)11-16(32)8-14-4-3-5-17(9-14)34-22(26,27)28/h3-7,9-10,13,18H,8,11-12H2,1-2H3/t18-/m1/s1. The summed E-state index contributed by atoms with van der Waals surface area (Å²) in [4.78, 5) is 31.6. The summed E-state index contributed by atoms with van der Waals surface area (Å²) in [6.07, 6.45) is -8.76. The highest BCUT2D eigenvalue weighted by Crippen LogP contribution is 2.31. The lowest BCUT2D eigenvalue weighted by atomic mass is 10.0. The molecule has 12 heteroatoms. The summed E-state index contributed by atoms with van der Waals surface area (Å²) in [5.41, 5.74) is -0.647. The minimum absolute atomic E-state index is 0.0762. The molecule has 2 aromatic rings. The minimum Gasteiger partial charge on any atom is -0.406 e. The van der Waals surface area contributed by atoms with Crippen molar-refractivity contribution in [2.75, 3.05) is 18.0 Å². The zero-order chi connectivity index (χ0) is 25.3. The monoisotopic (exact) mass is 489 g/mol. The Morgan fingerprint density at radius 3 is 2.41 bits per heavy atom. The van der Waals surface area contributed by atoms with Gasteiger partial charge in [0.15, 0.2) is 5.78 Å². The lowest BCUT2D eigenvalue weighted by Crippen LogP contribution is -2.41. The quantitative estimate of drug-likeness (QED) is 0.509. The molecule has 1 aliphatic rings. The number of aromatic nitrogens is 1. The normalized spacial score (nSPS) is 17.0. The van der Waals surface area contributed by atoms with E-state index in [1.54, 1.807) is 0 Å². The van der Waals surface area contributed by atoms with Gasteiger partial charge in [-0.15, -0.1) is 13.2 Å². The molecule has 0 unspecified atom stereocenters. The molecule has 2 heterocycles. The second-order valence-electron chi connectivity index (χ2n) is 8.14. The number of nitrogens with zero attached hydrogens (tertiary/aromatic N) is 3. The molecule has 0 radical (unpaired) electrons. The summed E-state index contributed by atoms with van der Waals surface area (Å²) < 4.78 is 79.5. The van der Waals surface area contributed by atoms with Gasteiger partial charge in [-0.25, -0.2) is 9.78 Å². The van der Waals surface area contributed by atoms with E-state index in [-0.39, 0.29) is 36.7 Å². The number of alkyl halides is 6. The van der Waals surface area contributed by atoms with Gasteiger partial charge in [0.2, 0.25) is 0 Å². The van der Waals surface area contributed by atoms with Crippen LogP contribution in [0.4, 0.5) is 36.8 Å².